The van der Waals surface area contributed by atoms with Crippen LogP contribution in [0.15, 0.2) is 36.0 Å². The third-order valence-electron chi connectivity index (χ3n) is 1.60. The van der Waals surface area contributed by atoms with Crippen LogP contribution in [0.25, 0.3) is 0 Å². The molecule has 12 heavy (non-hydrogen) atoms. The number of allylic oxidation sites excluding steroid dienone is 3. The van der Waals surface area contributed by atoms with E-state index in [2.05, 4.69) is 12.7 Å². The first kappa shape index (κ1) is 11.2. The van der Waals surface area contributed by atoms with Crippen molar-refractivity contribution in [2.75, 3.05) is 13.2 Å². The molecule has 1 heterocycles. The molecule has 1 heteroatoms. The molecule has 1 aliphatic rings. The molecule has 1 rings (SSSR count). The number of ether oxygens (including phenoxy) is 1. The summed E-state index contributed by atoms with van der Waals surface area (Å²) in [4.78, 5) is 0. The molecular formula is C11H18O. The fourth-order valence-corrected chi connectivity index (χ4v) is 1.02. The largest absolute Gasteiger partial charge is 0.372 e. The molecule has 1 saturated heterocycles. The van der Waals surface area contributed by atoms with E-state index in [0.717, 1.165) is 13.2 Å². The molecule has 0 unspecified atom stereocenters. The van der Waals surface area contributed by atoms with Gasteiger partial charge < -0.3 is 4.74 Å². The Labute approximate surface area is 75.4 Å². The Morgan fingerprint density at radius 2 is 1.83 bits per heavy atom. The van der Waals surface area contributed by atoms with Crippen LogP contribution in [0.4, 0.5) is 0 Å². The second-order valence-electron chi connectivity index (χ2n) is 2.23. The SMILES string of the molecule is C=C/C=C1/COC/C1=C/C.CC. The van der Waals surface area contributed by atoms with Crippen LogP contribution in [0.1, 0.15) is 20.8 Å². The zero-order chi connectivity index (χ0) is 9.40. The van der Waals surface area contributed by atoms with Crippen molar-refractivity contribution in [2.45, 2.75) is 20.8 Å². The lowest BCUT2D eigenvalue weighted by Gasteiger charge is -1.92. The monoisotopic (exact) mass is 166 g/mol. The van der Waals surface area contributed by atoms with Crippen LogP contribution in [0.2, 0.25) is 0 Å². The number of rotatable bonds is 1. The number of hydrogen-bond acceptors (Lipinski definition) is 1. The minimum atomic E-state index is 0.742. The van der Waals surface area contributed by atoms with Crippen molar-refractivity contribution in [3.63, 3.8) is 0 Å². The molecule has 1 nitrogen and oxygen atoms in total. The predicted octanol–water partition coefficient (Wildman–Crippen LogP) is 3.10. The maximum atomic E-state index is 5.23. The summed E-state index contributed by atoms with van der Waals surface area (Å²) in [6.07, 6.45) is 5.89. The van der Waals surface area contributed by atoms with Crippen molar-refractivity contribution in [1.29, 1.82) is 0 Å². The molecule has 1 aliphatic heterocycles. The average molecular weight is 166 g/mol. The molecule has 0 amide bonds. The molecule has 1 fully saturated rings. The van der Waals surface area contributed by atoms with Crippen molar-refractivity contribution in [3.05, 3.63) is 36.0 Å². The lowest BCUT2D eigenvalue weighted by atomic mass is 10.1. The highest BCUT2D eigenvalue weighted by Gasteiger charge is 2.10. The molecule has 0 aliphatic carbocycles. The van der Waals surface area contributed by atoms with E-state index < -0.39 is 0 Å². The topological polar surface area (TPSA) is 9.23 Å². The maximum absolute atomic E-state index is 5.23. The zero-order valence-electron chi connectivity index (χ0n) is 8.26. The molecule has 0 atom stereocenters. The van der Waals surface area contributed by atoms with Gasteiger partial charge in [-0.05, 0) is 18.1 Å². The summed E-state index contributed by atoms with van der Waals surface area (Å²) < 4.78 is 5.23. The van der Waals surface area contributed by atoms with E-state index in [4.69, 9.17) is 4.74 Å². The van der Waals surface area contributed by atoms with Gasteiger partial charge in [0.25, 0.3) is 0 Å². The highest BCUT2D eigenvalue weighted by atomic mass is 16.5. The molecule has 0 aromatic carbocycles. The molecule has 68 valence electrons. The third-order valence-corrected chi connectivity index (χ3v) is 1.60. The van der Waals surface area contributed by atoms with Crippen LogP contribution in [0, 0.1) is 0 Å². The van der Waals surface area contributed by atoms with E-state index in [0.29, 0.717) is 0 Å². The molecule has 0 N–H and O–H groups in total. The van der Waals surface area contributed by atoms with Gasteiger partial charge in [-0.2, -0.15) is 0 Å². The maximum Gasteiger partial charge on any atom is 0.0724 e. The van der Waals surface area contributed by atoms with Gasteiger partial charge in [0.05, 0.1) is 13.2 Å². The quantitative estimate of drug-likeness (QED) is 0.581. The minimum absolute atomic E-state index is 0.742. The summed E-state index contributed by atoms with van der Waals surface area (Å²) in [7, 11) is 0. The van der Waals surface area contributed by atoms with Gasteiger partial charge in [0.1, 0.15) is 0 Å². The van der Waals surface area contributed by atoms with Gasteiger partial charge in [-0.15, -0.1) is 0 Å². The van der Waals surface area contributed by atoms with Crippen molar-refractivity contribution >= 4 is 0 Å². The van der Waals surface area contributed by atoms with Crippen molar-refractivity contribution in [2.24, 2.45) is 0 Å². The summed E-state index contributed by atoms with van der Waals surface area (Å²) in [6, 6.07) is 0. The van der Waals surface area contributed by atoms with E-state index in [9.17, 15) is 0 Å². The van der Waals surface area contributed by atoms with Crippen molar-refractivity contribution < 1.29 is 4.74 Å². The van der Waals surface area contributed by atoms with Crippen molar-refractivity contribution in [1.82, 2.24) is 0 Å². The summed E-state index contributed by atoms with van der Waals surface area (Å²) in [5, 5.41) is 0. The van der Waals surface area contributed by atoms with Gasteiger partial charge in [-0.3, -0.25) is 0 Å². The molecule has 0 saturated carbocycles. The first-order valence-electron chi connectivity index (χ1n) is 4.43. The lowest BCUT2D eigenvalue weighted by molar-refractivity contribution is 0.215. The van der Waals surface area contributed by atoms with Crippen LogP contribution in [0.3, 0.4) is 0 Å². The molecule has 0 bridgehead atoms. The highest BCUT2D eigenvalue weighted by molar-refractivity contribution is 5.36. The predicted molar refractivity (Wildman–Crippen MR) is 54.2 cm³/mol. The Morgan fingerprint density at radius 3 is 2.33 bits per heavy atom. The Bertz CT molecular complexity index is 187. The Hall–Kier alpha value is -0.820. The third kappa shape index (κ3) is 3.05. The Balaban J connectivity index is 0.000000561. The van der Waals surface area contributed by atoms with E-state index in [1.54, 1.807) is 6.08 Å². The second-order valence-corrected chi connectivity index (χ2v) is 2.23. The van der Waals surface area contributed by atoms with Crippen LogP contribution < -0.4 is 0 Å². The highest BCUT2D eigenvalue weighted by Crippen LogP contribution is 2.17. The van der Waals surface area contributed by atoms with Crippen LogP contribution >= 0.6 is 0 Å². The van der Waals surface area contributed by atoms with E-state index in [1.165, 1.54) is 11.1 Å². The fourth-order valence-electron chi connectivity index (χ4n) is 1.02. The lowest BCUT2D eigenvalue weighted by Crippen LogP contribution is -1.82. The minimum Gasteiger partial charge on any atom is -0.372 e. The van der Waals surface area contributed by atoms with E-state index in [-0.39, 0.29) is 0 Å². The van der Waals surface area contributed by atoms with E-state index in [1.807, 2.05) is 26.8 Å². The van der Waals surface area contributed by atoms with Gasteiger partial charge in [0.2, 0.25) is 0 Å². The van der Waals surface area contributed by atoms with Gasteiger partial charge in [0, 0.05) is 0 Å². The molecule has 0 aromatic heterocycles. The molecule has 0 spiro atoms. The van der Waals surface area contributed by atoms with Gasteiger partial charge in [-0.1, -0.05) is 38.7 Å². The average Bonchev–Trinajstić information content (AvgIpc) is 2.56. The standard InChI is InChI=1S/C9H12O.C2H6/c1-3-5-9-7-10-6-8(9)4-2;1-2/h3-5H,1,6-7H2,2H3;1-2H3/b8-4-,9-5-;. The number of hydrogen-bond donors (Lipinski definition) is 0. The van der Waals surface area contributed by atoms with Crippen LogP contribution in [-0.2, 0) is 4.74 Å². The van der Waals surface area contributed by atoms with Gasteiger partial charge in [-0.25, -0.2) is 0 Å². The summed E-state index contributed by atoms with van der Waals surface area (Å²) in [5.41, 5.74) is 2.55. The first-order chi connectivity index (χ1) is 5.88. The van der Waals surface area contributed by atoms with Gasteiger partial charge >= 0.3 is 0 Å². The van der Waals surface area contributed by atoms with Crippen LogP contribution in [0.5, 0.6) is 0 Å². The summed E-state index contributed by atoms with van der Waals surface area (Å²) in [6.45, 7) is 11.2. The molecular weight excluding hydrogens is 148 g/mol. The van der Waals surface area contributed by atoms with E-state index >= 15 is 0 Å². The van der Waals surface area contributed by atoms with Crippen LogP contribution in [-0.4, -0.2) is 13.2 Å². The van der Waals surface area contributed by atoms with Crippen molar-refractivity contribution in [3.8, 4) is 0 Å². The normalized spacial score (nSPS) is 22.2. The zero-order valence-corrected chi connectivity index (χ0v) is 8.26. The smallest absolute Gasteiger partial charge is 0.0724 e. The Morgan fingerprint density at radius 1 is 1.25 bits per heavy atom. The summed E-state index contributed by atoms with van der Waals surface area (Å²) >= 11 is 0. The fraction of sp³-hybridized carbons (Fsp3) is 0.455. The summed E-state index contributed by atoms with van der Waals surface area (Å²) in [5.74, 6) is 0. The first-order valence-corrected chi connectivity index (χ1v) is 4.43. The van der Waals surface area contributed by atoms with Gasteiger partial charge in [0.15, 0.2) is 0 Å². The molecule has 0 radical (unpaired) electrons. The molecule has 0 aromatic rings. The second kappa shape index (κ2) is 6.86. The Kier molecular flexibility index (Phi) is 6.39.